The molecular weight excluding hydrogens is 196 g/mol. The molecule has 1 rings (SSSR count). The van der Waals surface area contributed by atoms with Crippen molar-refractivity contribution in [2.45, 2.75) is 33.4 Å². The second-order valence-electron chi connectivity index (χ2n) is 4.35. The third-order valence-corrected chi connectivity index (χ3v) is 3.08. The summed E-state index contributed by atoms with van der Waals surface area (Å²) in [4.78, 5) is 5.44. The molecule has 0 aliphatic carbocycles. The van der Waals surface area contributed by atoms with E-state index in [9.17, 15) is 0 Å². The summed E-state index contributed by atoms with van der Waals surface area (Å²) >= 11 is 1.63. The van der Waals surface area contributed by atoms with E-state index in [0.717, 1.165) is 9.88 Å². The molecule has 0 saturated heterocycles. The smallest absolute Gasteiger partial charge is 0.122 e. The molecule has 0 bridgehead atoms. The van der Waals surface area contributed by atoms with Gasteiger partial charge < -0.3 is 10.5 Å². The van der Waals surface area contributed by atoms with Gasteiger partial charge in [0.1, 0.15) is 11.1 Å². The van der Waals surface area contributed by atoms with E-state index in [1.54, 1.807) is 18.4 Å². The number of nitrogens with zero attached hydrogens (tertiary/aromatic N) is 1. The summed E-state index contributed by atoms with van der Waals surface area (Å²) < 4.78 is 5.47. The number of methoxy groups -OCH3 is 1. The van der Waals surface area contributed by atoms with E-state index in [0.29, 0.717) is 6.54 Å². The Balaban J connectivity index is 2.90. The van der Waals surface area contributed by atoms with Crippen molar-refractivity contribution in [1.82, 2.24) is 4.98 Å². The monoisotopic (exact) mass is 214 g/mol. The van der Waals surface area contributed by atoms with Crippen LogP contribution in [-0.2, 0) is 11.3 Å². The standard InChI is InChI=1S/C10H18N2OS/c1-10(2,3)8(13-4)9-12-6-7(5-11)14-9/h6,8H,5,11H2,1-4H3. The number of aromatic nitrogens is 1. The van der Waals surface area contributed by atoms with Gasteiger partial charge in [0.15, 0.2) is 0 Å². The van der Waals surface area contributed by atoms with Crippen LogP contribution in [0.1, 0.15) is 36.8 Å². The van der Waals surface area contributed by atoms with E-state index in [2.05, 4.69) is 25.8 Å². The van der Waals surface area contributed by atoms with Crippen molar-refractivity contribution in [3.63, 3.8) is 0 Å². The Kier molecular flexibility index (Phi) is 3.64. The maximum Gasteiger partial charge on any atom is 0.122 e. The third kappa shape index (κ3) is 2.53. The van der Waals surface area contributed by atoms with Crippen molar-refractivity contribution >= 4 is 11.3 Å². The molecule has 0 saturated carbocycles. The molecule has 14 heavy (non-hydrogen) atoms. The Morgan fingerprint density at radius 1 is 1.57 bits per heavy atom. The number of hydrogen-bond acceptors (Lipinski definition) is 4. The first-order chi connectivity index (χ1) is 6.49. The minimum atomic E-state index is 0.0489. The average Bonchev–Trinajstić information content (AvgIpc) is 2.51. The fourth-order valence-corrected chi connectivity index (χ4v) is 2.48. The molecule has 0 radical (unpaired) electrons. The summed E-state index contributed by atoms with van der Waals surface area (Å²) in [5.41, 5.74) is 5.61. The number of nitrogens with two attached hydrogens (primary N) is 1. The third-order valence-electron chi connectivity index (χ3n) is 2.02. The topological polar surface area (TPSA) is 48.1 Å². The maximum absolute atomic E-state index is 5.54. The molecule has 0 fully saturated rings. The van der Waals surface area contributed by atoms with Crippen LogP contribution >= 0.6 is 11.3 Å². The highest BCUT2D eigenvalue weighted by Gasteiger charge is 2.28. The van der Waals surface area contributed by atoms with Crippen LogP contribution in [0.4, 0.5) is 0 Å². The van der Waals surface area contributed by atoms with E-state index in [4.69, 9.17) is 10.5 Å². The summed E-state index contributed by atoms with van der Waals surface area (Å²) in [6.07, 6.45) is 1.88. The number of thiazole rings is 1. The normalized spacial score (nSPS) is 14.4. The van der Waals surface area contributed by atoms with Crippen molar-refractivity contribution in [2.75, 3.05) is 7.11 Å². The summed E-state index contributed by atoms with van der Waals surface area (Å²) in [5.74, 6) is 0. The molecule has 3 nitrogen and oxygen atoms in total. The zero-order valence-electron chi connectivity index (χ0n) is 9.20. The van der Waals surface area contributed by atoms with Crippen LogP contribution in [0.2, 0.25) is 0 Å². The Labute approximate surface area is 89.3 Å². The molecule has 2 N–H and O–H groups in total. The van der Waals surface area contributed by atoms with Crippen LogP contribution in [0.25, 0.3) is 0 Å². The predicted octanol–water partition coefficient (Wildman–Crippen LogP) is 2.34. The molecule has 1 atom stereocenters. The summed E-state index contributed by atoms with van der Waals surface area (Å²) in [6, 6.07) is 0. The van der Waals surface area contributed by atoms with Crippen molar-refractivity contribution in [3.05, 3.63) is 16.1 Å². The second-order valence-corrected chi connectivity index (χ2v) is 5.50. The Bertz CT molecular complexity index is 291. The number of hydrogen-bond donors (Lipinski definition) is 1. The van der Waals surface area contributed by atoms with E-state index in [-0.39, 0.29) is 11.5 Å². The van der Waals surface area contributed by atoms with Crippen LogP contribution in [0.3, 0.4) is 0 Å². The zero-order chi connectivity index (χ0) is 10.8. The first-order valence-corrected chi connectivity index (χ1v) is 5.48. The van der Waals surface area contributed by atoms with Crippen molar-refractivity contribution in [1.29, 1.82) is 0 Å². The Hall–Kier alpha value is -0.450. The van der Waals surface area contributed by atoms with Crippen molar-refractivity contribution in [3.8, 4) is 0 Å². The largest absolute Gasteiger partial charge is 0.374 e. The van der Waals surface area contributed by atoms with Crippen molar-refractivity contribution < 1.29 is 4.74 Å². The predicted molar refractivity (Wildman–Crippen MR) is 59.2 cm³/mol. The lowest BCUT2D eigenvalue weighted by Gasteiger charge is -2.27. The van der Waals surface area contributed by atoms with E-state index >= 15 is 0 Å². The van der Waals surface area contributed by atoms with Gasteiger partial charge >= 0.3 is 0 Å². The van der Waals surface area contributed by atoms with Crippen LogP contribution < -0.4 is 5.73 Å². The van der Waals surface area contributed by atoms with Crippen LogP contribution in [-0.4, -0.2) is 12.1 Å². The molecule has 0 spiro atoms. The van der Waals surface area contributed by atoms with Gasteiger partial charge in [-0.15, -0.1) is 11.3 Å². The molecule has 0 aromatic carbocycles. The molecule has 1 heterocycles. The molecule has 1 unspecified atom stereocenters. The Morgan fingerprint density at radius 3 is 2.57 bits per heavy atom. The first-order valence-electron chi connectivity index (χ1n) is 4.66. The van der Waals surface area contributed by atoms with Gasteiger partial charge in [0.05, 0.1) is 0 Å². The van der Waals surface area contributed by atoms with E-state index < -0.39 is 0 Å². The second kappa shape index (κ2) is 4.38. The fourth-order valence-electron chi connectivity index (χ4n) is 1.36. The molecular formula is C10H18N2OS. The highest BCUT2D eigenvalue weighted by molar-refractivity contribution is 7.11. The fraction of sp³-hybridized carbons (Fsp3) is 0.700. The average molecular weight is 214 g/mol. The molecule has 1 aromatic heterocycles. The van der Waals surface area contributed by atoms with Gasteiger partial charge in [0.25, 0.3) is 0 Å². The molecule has 0 aliphatic rings. The summed E-state index contributed by atoms with van der Waals surface area (Å²) in [6.45, 7) is 6.98. The van der Waals surface area contributed by atoms with Gasteiger partial charge in [0.2, 0.25) is 0 Å². The minimum absolute atomic E-state index is 0.0489. The van der Waals surface area contributed by atoms with Gasteiger partial charge in [0, 0.05) is 24.7 Å². The molecule has 1 aromatic rings. The molecule has 80 valence electrons. The number of rotatable bonds is 3. The zero-order valence-corrected chi connectivity index (χ0v) is 10.0. The lowest BCUT2D eigenvalue weighted by molar-refractivity contribution is 0.0150. The lowest BCUT2D eigenvalue weighted by Crippen LogP contribution is -2.19. The van der Waals surface area contributed by atoms with Gasteiger partial charge in [-0.2, -0.15) is 0 Å². The van der Waals surface area contributed by atoms with Crippen LogP contribution in [0.15, 0.2) is 6.20 Å². The van der Waals surface area contributed by atoms with Gasteiger partial charge in [-0.3, -0.25) is 0 Å². The van der Waals surface area contributed by atoms with Crippen molar-refractivity contribution in [2.24, 2.45) is 11.1 Å². The summed E-state index contributed by atoms with van der Waals surface area (Å²) in [5, 5.41) is 1.01. The maximum atomic E-state index is 5.54. The molecule has 0 aliphatic heterocycles. The van der Waals surface area contributed by atoms with Gasteiger partial charge in [-0.05, 0) is 5.41 Å². The lowest BCUT2D eigenvalue weighted by atomic mass is 9.89. The quantitative estimate of drug-likeness (QED) is 0.840. The van der Waals surface area contributed by atoms with Crippen LogP contribution in [0.5, 0.6) is 0 Å². The van der Waals surface area contributed by atoms with E-state index in [1.165, 1.54) is 0 Å². The number of ether oxygens (including phenoxy) is 1. The Morgan fingerprint density at radius 2 is 2.21 bits per heavy atom. The highest BCUT2D eigenvalue weighted by Crippen LogP contribution is 2.37. The van der Waals surface area contributed by atoms with Gasteiger partial charge in [-0.25, -0.2) is 4.98 Å². The summed E-state index contributed by atoms with van der Waals surface area (Å²) in [7, 11) is 1.72. The van der Waals surface area contributed by atoms with E-state index in [1.807, 2.05) is 6.20 Å². The highest BCUT2D eigenvalue weighted by atomic mass is 32.1. The minimum Gasteiger partial charge on any atom is -0.374 e. The van der Waals surface area contributed by atoms with Crippen LogP contribution in [0, 0.1) is 5.41 Å². The SMILES string of the molecule is COC(c1ncc(CN)s1)C(C)(C)C. The first kappa shape index (κ1) is 11.6. The molecule has 4 heteroatoms. The van der Waals surface area contributed by atoms with Gasteiger partial charge in [-0.1, -0.05) is 20.8 Å². The molecule has 0 amide bonds.